The van der Waals surface area contributed by atoms with Crippen LogP contribution < -0.4 is 15.4 Å². The zero-order chi connectivity index (χ0) is 22.2. The minimum absolute atomic E-state index is 0.0287. The Bertz CT molecular complexity index is 1110. The number of methoxy groups -OCH3 is 1. The van der Waals surface area contributed by atoms with Crippen LogP contribution in [0.5, 0.6) is 11.5 Å². The lowest BCUT2D eigenvalue weighted by Gasteiger charge is -2.34. The zero-order valence-electron chi connectivity index (χ0n) is 16.3. The third-order valence-corrected chi connectivity index (χ3v) is 5.08. The van der Waals surface area contributed by atoms with Gasteiger partial charge in [0.05, 0.1) is 19.3 Å². The van der Waals surface area contributed by atoms with E-state index in [1.54, 1.807) is 30.3 Å². The Labute approximate surface area is 175 Å². The van der Waals surface area contributed by atoms with E-state index in [-0.39, 0.29) is 23.6 Å². The summed E-state index contributed by atoms with van der Waals surface area (Å²) in [5.41, 5.74) is 0.864. The SMILES string of the molecule is COc1cccc([C@H]2C[C@H](C(F)(F)F)n3ncc(C(=O)Nc4cccc(O)c4)c3N2)c1. The molecule has 0 unspecified atom stereocenters. The van der Waals surface area contributed by atoms with Crippen molar-refractivity contribution in [3.8, 4) is 11.5 Å². The van der Waals surface area contributed by atoms with Crippen LogP contribution in [-0.4, -0.2) is 34.1 Å². The molecule has 31 heavy (non-hydrogen) atoms. The third-order valence-electron chi connectivity index (χ3n) is 5.08. The fourth-order valence-electron chi connectivity index (χ4n) is 3.59. The van der Waals surface area contributed by atoms with Crippen LogP contribution in [0.4, 0.5) is 24.7 Å². The molecule has 1 aliphatic heterocycles. The highest BCUT2D eigenvalue weighted by atomic mass is 19.4. The van der Waals surface area contributed by atoms with Gasteiger partial charge in [-0.05, 0) is 29.8 Å². The van der Waals surface area contributed by atoms with Gasteiger partial charge in [0, 0.05) is 18.2 Å². The fraction of sp³-hybridized carbons (Fsp3) is 0.238. The van der Waals surface area contributed by atoms with Crippen molar-refractivity contribution in [2.45, 2.75) is 24.7 Å². The van der Waals surface area contributed by atoms with Gasteiger partial charge in [0.15, 0.2) is 6.04 Å². The van der Waals surface area contributed by atoms with Crippen molar-refractivity contribution in [2.24, 2.45) is 0 Å². The Morgan fingerprint density at radius 3 is 2.74 bits per heavy atom. The second-order valence-electron chi connectivity index (χ2n) is 7.12. The molecule has 0 saturated heterocycles. The van der Waals surface area contributed by atoms with Crippen molar-refractivity contribution in [1.82, 2.24) is 9.78 Å². The normalized spacial score (nSPS) is 18.1. The first kappa shape index (κ1) is 20.6. The summed E-state index contributed by atoms with van der Waals surface area (Å²) in [6.45, 7) is 0. The second-order valence-corrected chi connectivity index (χ2v) is 7.12. The molecule has 2 atom stereocenters. The number of nitrogens with zero attached hydrogens (tertiary/aromatic N) is 2. The number of anilines is 2. The summed E-state index contributed by atoms with van der Waals surface area (Å²) in [6.07, 6.45) is -3.74. The van der Waals surface area contributed by atoms with Gasteiger partial charge in [0.25, 0.3) is 5.91 Å². The van der Waals surface area contributed by atoms with E-state index in [2.05, 4.69) is 15.7 Å². The smallest absolute Gasteiger partial charge is 0.410 e. The number of rotatable bonds is 4. The van der Waals surface area contributed by atoms with Gasteiger partial charge in [0.1, 0.15) is 22.9 Å². The second kappa shape index (κ2) is 7.86. The number of benzene rings is 2. The number of alkyl halides is 3. The third kappa shape index (κ3) is 4.14. The van der Waals surface area contributed by atoms with Crippen molar-refractivity contribution in [3.05, 3.63) is 65.9 Å². The standard InChI is InChI=1S/C21H19F3N4O3/c1-31-15-7-2-4-12(8-15)17-10-18(21(22,23)24)28-19(27-17)16(11-25-28)20(30)26-13-5-3-6-14(29)9-13/h2-9,11,17-18,27,29H,10H2,1H3,(H,26,30)/t17-,18-/m1/s1. The number of hydrogen-bond acceptors (Lipinski definition) is 5. The van der Waals surface area contributed by atoms with Crippen LogP contribution in [0.25, 0.3) is 0 Å². The van der Waals surface area contributed by atoms with Gasteiger partial charge >= 0.3 is 6.18 Å². The van der Waals surface area contributed by atoms with E-state index < -0.39 is 24.2 Å². The highest BCUT2D eigenvalue weighted by Crippen LogP contribution is 2.44. The molecule has 0 saturated carbocycles. The first-order valence-corrected chi connectivity index (χ1v) is 9.41. The number of amides is 1. The molecule has 162 valence electrons. The fourth-order valence-corrected chi connectivity index (χ4v) is 3.59. The molecule has 0 bridgehead atoms. The maximum atomic E-state index is 13.8. The summed E-state index contributed by atoms with van der Waals surface area (Å²) in [7, 11) is 1.48. The summed E-state index contributed by atoms with van der Waals surface area (Å²) in [6, 6.07) is 10.0. The number of hydrogen-bond donors (Lipinski definition) is 3. The quantitative estimate of drug-likeness (QED) is 0.565. The molecule has 4 rings (SSSR count). The first-order valence-electron chi connectivity index (χ1n) is 9.41. The summed E-state index contributed by atoms with van der Waals surface area (Å²) in [5, 5.41) is 19.0. The Balaban J connectivity index is 1.70. The number of halogens is 3. The Hall–Kier alpha value is -3.69. The topological polar surface area (TPSA) is 88.4 Å². The van der Waals surface area contributed by atoms with Gasteiger partial charge in [-0.15, -0.1) is 0 Å². The largest absolute Gasteiger partial charge is 0.508 e. The summed E-state index contributed by atoms with van der Waals surface area (Å²) in [5.74, 6) is -0.211. The number of phenols is 1. The van der Waals surface area contributed by atoms with Crippen LogP contribution in [-0.2, 0) is 0 Å². The van der Waals surface area contributed by atoms with E-state index >= 15 is 0 Å². The first-order chi connectivity index (χ1) is 14.8. The van der Waals surface area contributed by atoms with E-state index in [1.165, 1.54) is 25.3 Å². The number of ether oxygens (including phenoxy) is 1. The monoisotopic (exact) mass is 432 g/mol. The molecule has 2 aromatic carbocycles. The van der Waals surface area contributed by atoms with E-state index in [1.807, 2.05) is 0 Å². The number of carbonyl (C=O) groups is 1. The van der Waals surface area contributed by atoms with Crippen LogP contribution in [0.2, 0.25) is 0 Å². The molecule has 1 aromatic heterocycles. The maximum absolute atomic E-state index is 13.8. The zero-order valence-corrected chi connectivity index (χ0v) is 16.3. The van der Waals surface area contributed by atoms with Crippen LogP contribution in [0.1, 0.15) is 34.4 Å². The highest BCUT2D eigenvalue weighted by molar-refractivity contribution is 6.07. The van der Waals surface area contributed by atoms with Crippen molar-refractivity contribution >= 4 is 17.4 Å². The van der Waals surface area contributed by atoms with E-state index in [9.17, 15) is 23.1 Å². The Morgan fingerprint density at radius 2 is 2.03 bits per heavy atom. The van der Waals surface area contributed by atoms with Crippen molar-refractivity contribution in [1.29, 1.82) is 0 Å². The molecular formula is C21H19F3N4O3. The molecule has 3 N–H and O–H groups in total. The molecule has 10 heteroatoms. The van der Waals surface area contributed by atoms with Crippen molar-refractivity contribution in [3.63, 3.8) is 0 Å². The lowest BCUT2D eigenvalue weighted by atomic mass is 9.96. The van der Waals surface area contributed by atoms with Crippen molar-refractivity contribution in [2.75, 3.05) is 17.7 Å². The molecule has 2 heterocycles. The molecule has 0 aliphatic carbocycles. The molecule has 0 radical (unpaired) electrons. The number of carbonyl (C=O) groups excluding carboxylic acids is 1. The van der Waals surface area contributed by atoms with E-state index in [0.29, 0.717) is 17.0 Å². The average Bonchev–Trinajstić information content (AvgIpc) is 3.16. The molecule has 0 fully saturated rings. The Kier molecular flexibility index (Phi) is 5.22. The van der Waals surface area contributed by atoms with Gasteiger partial charge < -0.3 is 20.5 Å². The molecule has 7 nitrogen and oxygen atoms in total. The molecule has 1 aliphatic rings. The minimum atomic E-state index is -4.56. The number of phenolic OH excluding ortho intramolecular Hbond substituents is 1. The van der Waals surface area contributed by atoms with Gasteiger partial charge in [-0.2, -0.15) is 18.3 Å². The van der Waals surface area contributed by atoms with E-state index in [4.69, 9.17) is 4.74 Å². The van der Waals surface area contributed by atoms with E-state index in [0.717, 1.165) is 10.9 Å². The number of aromatic nitrogens is 2. The minimum Gasteiger partial charge on any atom is -0.508 e. The lowest BCUT2D eigenvalue weighted by molar-refractivity contribution is -0.173. The molecule has 3 aromatic rings. The van der Waals surface area contributed by atoms with Crippen LogP contribution in [0.3, 0.4) is 0 Å². The van der Waals surface area contributed by atoms with Gasteiger partial charge in [-0.25, -0.2) is 4.68 Å². The van der Waals surface area contributed by atoms with Gasteiger partial charge in [-0.1, -0.05) is 18.2 Å². The number of fused-ring (bicyclic) bond motifs is 1. The predicted octanol–water partition coefficient (Wildman–Crippen LogP) is 4.51. The maximum Gasteiger partial charge on any atom is 0.410 e. The van der Waals surface area contributed by atoms with Crippen LogP contribution in [0.15, 0.2) is 54.7 Å². The molecule has 0 spiro atoms. The predicted molar refractivity (Wildman–Crippen MR) is 107 cm³/mol. The lowest BCUT2D eigenvalue weighted by Crippen LogP contribution is -2.36. The summed E-state index contributed by atoms with van der Waals surface area (Å²) >= 11 is 0. The van der Waals surface area contributed by atoms with Gasteiger partial charge in [-0.3, -0.25) is 4.79 Å². The molecule has 1 amide bonds. The number of nitrogens with one attached hydrogen (secondary N) is 2. The highest BCUT2D eigenvalue weighted by Gasteiger charge is 2.47. The summed E-state index contributed by atoms with van der Waals surface area (Å²) in [4.78, 5) is 12.8. The van der Waals surface area contributed by atoms with Gasteiger partial charge in [0.2, 0.25) is 0 Å². The van der Waals surface area contributed by atoms with Crippen LogP contribution >= 0.6 is 0 Å². The number of aromatic hydroxyl groups is 1. The summed E-state index contributed by atoms with van der Waals surface area (Å²) < 4.78 is 47.4. The Morgan fingerprint density at radius 1 is 1.26 bits per heavy atom. The average molecular weight is 432 g/mol. The van der Waals surface area contributed by atoms with Crippen molar-refractivity contribution < 1.29 is 27.8 Å². The molecular weight excluding hydrogens is 413 g/mol. The van der Waals surface area contributed by atoms with Crippen LogP contribution in [0, 0.1) is 0 Å².